The lowest BCUT2D eigenvalue weighted by atomic mass is 10.4. The molecule has 2 heterocycles. The van der Waals surface area contributed by atoms with Crippen molar-refractivity contribution in [3.8, 4) is 0 Å². The lowest BCUT2D eigenvalue weighted by Crippen LogP contribution is -2.30. The number of halogens is 1. The minimum Gasteiger partial charge on any atom is -0.468 e. The molecule has 0 N–H and O–H groups in total. The third kappa shape index (κ3) is 3.24. The van der Waals surface area contributed by atoms with Crippen molar-refractivity contribution >= 4 is 26.0 Å². The molecule has 2 aromatic rings. The van der Waals surface area contributed by atoms with Crippen LogP contribution in [0.15, 0.2) is 45.6 Å². The van der Waals surface area contributed by atoms with E-state index in [2.05, 4.69) is 15.9 Å². The van der Waals surface area contributed by atoms with Gasteiger partial charge in [-0.1, -0.05) is 15.9 Å². The molecule has 5 nitrogen and oxygen atoms in total. The average Bonchev–Trinajstić information content (AvgIpc) is 3.01. The molecule has 2 rings (SSSR count). The Labute approximate surface area is 114 Å². The van der Waals surface area contributed by atoms with Crippen LogP contribution in [0.4, 0.5) is 0 Å². The second-order valence-corrected chi connectivity index (χ2v) is 6.92. The van der Waals surface area contributed by atoms with Crippen LogP contribution < -0.4 is 0 Å². The normalized spacial score (nSPS) is 12.1. The number of alkyl halides is 1. The Bertz CT molecular complexity index is 526. The van der Waals surface area contributed by atoms with Crippen molar-refractivity contribution in [2.45, 2.75) is 13.1 Å². The van der Waals surface area contributed by atoms with Gasteiger partial charge in [0.05, 0.1) is 25.6 Å². The summed E-state index contributed by atoms with van der Waals surface area (Å²) in [5.74, 6) is 1.18. The number of rotatable bonds is 6. The fourth-order valence-electron chi connectivity index (χ4n) is 1.47. The summed E-state index contributed by atoms with van der Waals surface area (Å²) in [6, 6.07) is 6.92. The quantitative estimate of drug-likeness (QED) is 0.762. The molecule has 0 aliphatic heterocycles. The van der Waals surface area contributed by atoms with Crippen molar-refractivity contribution in [3.05, 3.63) is 48.3 Å². The summed E-state index contributed by atoms with van der Waals surface area (Å²) in [7, 11) is -3.38. The average molecular weight is 334 g/mol. The Morgan fingerprint density at radius 1 is 1.06 bits per heavy atom. The summed E-state index contributed by atoms with van der Waals surface area (Å²) in [5, 5.41) is 0. The van der Waals surface area contributed by atoms with Gasteiger partial charge in [0.1, 0.15) is 16.2 Å². The third-order valence-corrected chi connectivity index (χ3v) is 5.41. The van der Waals surface area contributed by atoms with Gasteiger partial charge in [0.25, 0.3) is 0 Å². The van der Waals surface area contributed by atoms with Gasteiger partial charge in [-0.05, 0) is 24.3 Å². The van der Waals surface area contributed by atoms with Gasteiger partial charge in [0, 0.05) is 0 Å². The number of hydrogen-bond acceptors (Lipinski definition) is 4. The van der Waals surface area contributed by atoms with Crippen LogP contribution in [-0.4, -0.2) is 17.4 Å². The van der Waals surface area contributed by atoms with E-state index < -0.39 is 10.0 Å². The highest BCUT2D eigenvalue weighted by molar-refractivity contribution is 9.10. The van der Waals surface area contributed by atoms with Crippen molar-refractivity contribution in [3.63, 3.8) is 0 Å². The Morgan fingerprint density at radius 3 is 1.89 bits per heavy atom. The fraction of sp³-hybridized carbons (Fsp3) is 0.273. The molecule has 0 aromatic carbocycles. The molecule has 7 heteroatoms. The van der Waals surface area contributed by atoms with E-state index in [-0.39, 0.29) is 17.8 Å². The van der Waals surface area contributed by atoms with Crippen LogP contribution in [0, 0.1) is 0 Å². The standard InChI is InChI=1S/C11H12BrNO4S/c12-9-18(14,15)13(7-10-3-1-5-16-10)8-11-4-2-6-17-11/h1-6H,7-9H2. The number of hydrogen-bond donors (Lipinski definition) is 0. The third-order valence-electron chi connectivity index (χ3n) is 2.36. The van der Waals surface area contributed by atoms with E-state index in [9.17, 15) is 8.42 Å². The summed E-state index contributed by atoms with van der Waals surface area (Å²) >= 11 is 2.99. The second-order valence-electron chi connectivity index (χ2n) is 3.65. The highest BCUT2D eigenvalue weighted by Gasteiger charge is 2.23. The Balaban J connectivity index is 2.18. The van der Waals surface area contributed by atoms with E-state index in [1.165, 1.54) is 16.8 Å². The van der Waals surface area contributed by atoms with E-state index in [0.29, 0.717) is 11.5 Å². The van der Waals surface area contributed by atoms with Gasteiger partial charge < -0.3 is 8.83 Å². The van der Waals surface area contributed by atoms with Crippen LogP contribution >= 0.6 is 15.9 Å². The maximum atomic E-state index is 11.9. The number of sulfonamides is 1. The molecule has 0 radical (unpaired) electrons. The minimum atomic E-state index is -3.38. The van der Waals surface area contributed by atoms with Crippen LogP contribution in [0.2, 0.25) is 0 Å². The van der Waals surface area contributed by atoms with Crippen molar-refractivity contribution in [1.29, 1.82) is 0 Å². The van der Waals surface area contributed by atoms with Crippen LogP contribution in [0.1, 0.15) is 11.5 Å². The SMILES string of the molecule is O=S(=O)(CBr)N(Cc1ccco1)Cc1ccco1. The molecule has 2 aromatic heterocycles. The van der Waals surface area contributed by atoms with Crippen molar-refractivity contribution in [2.75, 3.05) is 4.66 Å². The zero-order valence-electron chi connectivity index (χ0n) is 9.45. The molecule has 98 valence electrons. The van der Waals surface area contributed by atoms with Gasteiger partial charge in [-0.3, -0.25) is 0 Å². The summed E-state index contributed by atoms with van der Waals surface area (Å²) in [6.07, 6.45) is 3.03. The van der Waals surface area contributed by atoms with Crippen molar-refractivity contribution in [1.82, 2.24) is 4.31 Å². The van der Waals surface area contributed by atoms with Crippen molar-refractivity contribution in [2.24, 2.45) is 0 Å². The van der Waals surface area contributed by atoms with Crippen LogP contribution in [0.5, 0.6) is 0 Å². The molecule has 0 aliphatic carbocycles. The zero-order valence-corrected chi connectivity index (χ0v) is 11.9. The molecule has 0 fully saturated rings. The van der Waals surface area contributed by atoms with E-state index in [1.54, 1.807) is 24.3 Å². The Hall–Kier alpha value is -1.05. The van der Waals surface area contributed by atoms with Crippen LogP contribution in [-0.2, 0) is 23.1 Å². The number of nitrogens with zero attached hydrogens (tertiary/aromatic N) is 1. The zero-order chi connectivity index (χ0) is 13.0. The largest absolute Gasteiger partial charge is 0.468 e. The lowest BCUT2D eigenvalue weighted by molar-refractivity contribution is 0.332. The summed E-state index contributed by atoms with van der Waals surface area (Å²) in [5.41, 5.74) is 0. The molecule has 0 bridgehead atoms. The topological polar surface area (TPSA) is 63.7 Å². The fourth-order valence-corrected chi connectivity index (χ4v) is 3.13. The Kier molecular flexibility index (Phi) is 4.26. The van der Waals surface area contributed by atoms with Gasteiger partial charge in [0.2, 0.25) is 10.0 Å². The molecule has 0 aliphatic rings. The molecular weight excluding hydrogens is 322 g/mol. The van der Waals surface area contributed by atoms with Gasteiger partial charge >= 0.3 is 0 Å². The number of furan rings is 2. The molecule has 0 saturated carbocycles. The summed E-state index contributed by atoms with van der Waals surface area (Å²) in [6.45, 7) is 0.364. The predicted octanol–water partition coefficient (Wildman–Crippen LogP) is 2.56. The first-order valence-corrected chi connectivity index (χ1v) is 7.93. The van der Waals surface area contributed by atoms with E-state index in [4.69, 9.17) is 8.83 Å². The molecular formula is C11H12BrNO4S. The molecule has 0 saturated heterocycles. The maximum Gasteiger partial charge on any atom is 0.224 e. The van der Waals surface area contributed by atoms with E-state index >= 15 is 0 Å². The highest BCUT2D eigenvalue weighted by atomic mass is 79.9. The van der Waals surface area contributed by atoms with Crippen LogP contribution in [0.25, 0.3) is 0 Å². The minimum absolute atomic E-state index is 0.137. The first-order chi connectivity index (χ1) is 8.62. The maximum absolute atomic E-state index is 11.9. The molecule has 0 atom stereocenters. The highest BCUT2D eigenvalue weighted by Crippen LogP contribution is 2.16. The predicted molar refractivity (Wildman–Crippen MR) is 69.4 cm³/mol. The Morgan fingerprint density at radius 2 is 1.56 bits per heavy atom. The van der Waals surface area contributed by atoms with E-state index in [0.717, 1.165) is 0 Å². The molecule has 0 amide bonds. The van der Waals surface area contributed by atoms with Gasteiger partial charge in [0.15, 0.2) is 0 Å². The van der Waals surface area contributed by atoms with Gasteiger partial charge in [-0.25, -0.2) is 8.42 Å². The molecule has 0 unspecified atom stereocenters. The second kappa shape index (κ2) is 5.73. The molecule has 0 spiro atoms. The first kappa shape index (κ1) is 13.4. The molecule has 18 heavy (non-hydrogen) atoms. The summed E-state index contributed by atoms with van der Waals surface area (Å²) < 4.78 is 35.4. The first-order valence-electron chi connectivity index (χ1n) is 5.20. The van der Waals surface area contributed by atoms with Gasteiger partial charge in [-0.2, -0.15) is 4.31 Å². The van der Waals surface area contributed by atoms with Crippen LogP contribution in [0.3, 0.4) is 0 Å². The smallest absolute Gasteiger partial charge is 0.224 e. The lowest BCUT2D eigenvalue weighted by Gasteiger charge is -2.18. The van der Waals surface area contributed by atoms with Gasteiger partial charge in [-0.15, -0.1) is 0 Å². The monoisotopic (exact) mass is 333 g/mol. The van der Waals surface area contributed by atoms with E-state index in [1.807, 2.05) is 0 Å². The van der Waals surface area contributed by atoms with Crippen molar-refractivity contribution < 1.29 is 17.3 Å². The summed E-state index contributed by atoms with van der Waals surface area (Å²) in [4.78, 5) is 0.